The van der Waals surface area contributed by atoms with Crippen molar-refractivity contribution in [3.63, 3.8) is 0 Å². The van der Waals surface area contributed by atoms with Crippen molar-refractivity contribution < 1.29 is 29.0 Å². The summed E-state index contributed by atoms with van der Waals surface area (Å²) < 4.78 is 10.0. The summed E-state index contributed by atoms with van der Waals surface area (Å²) in [5.74, 6) is -1.06. The third-order valence-corrected chi connectivity index (χ3v) is 3.03. The van der Waals surface area contributed by atoms with Gasteiger partial charge in [0.2, 0.25) is 0 Å². The SMILES string of the molecule is C=CCOC(=O)NC(CNC(=O)OC(C)(C)C)c1ccc(C(=O)O)cc1. The zero-order valence-corrected chi connectivity index (χ0v) is 15.1. The van der Waals surface area contributed by atoms with Crippen LogP contribution in [0.15, 0.2) is 36.9 Å². The van der Waals surface area contributed by atoms with Crippen LogP contribution in [0.2, 0.25) is 0 Å². The van der Waals surface area contributed by atoms with Crippen LogP contribution in [0.4, 0.5) is 9.59 Å². The van der Waals surface area contributed by atoms with E-state index in [0.717, 1.165) is 0 Å². The number of aromatic carboxylic acids is 1. The molecular weight excluding hydrogens is 340 g/mol. The lowest BCUT2D eigenvalue weighted by Crippen LogP contribution is -2.40. The van der Waals surface area contributed by atoms with Crippen LogP contribution in [0.3, 0.4) is 0 Å². The van der Waals surface area contributed by atoms with Crippen LogP contribution in [0.25, 0.3) is 0 Å². The van der Waals surface area contributed by atoms with Gasteiger partial charge in [0.15, 0.2) is 0 Å². The molecule has 1 aromatic rings. The van der Waals surface area contributed by atoms with Gasteiger partial charge < -0.3 is 25.2 Å². The molecule has 26 heavy (non-hydrogen) atoms. The number of alkyl carbamates (subject to hydrolysis) is 2. The van der Waals surface area contributed by atoms with E-state index < -0.39 is 29.8 Å². The van der Waals surface area contributed by atoms with Crippen molar-refractivity contribution in [1.82, 2.24) is 10.6 Å². The van der Waals surface area contributed by atoms with Crippen molar-refractivity contribution in [2.45, 2.75) is 32.4 Å². The fourth-order valence-corrected chi connectivity index (χ4v) is 1.93. The average molecular weight is 364 g/mol. The van der Waals surface area contributed by atoms with Gasteiger partial charge in [-0.15, -0.1) is 0 Å². The molecular formula is C18H24N2O6. The summed E-state index contributed by atoms with van der Waals surface area (Å²) >= 11 is 0. The molecule has 1 unspecified atom stereocenters. The van der Waals surface area contributed by atoms with E-state index in [2.05, 4.69) is 17.2 Å². The van der Waals surface area contributed by atoms with Gasteiger partial charge in [-0.1, -0.05) is 24.8 Å². The second kappa shape index (κ2) is 9.45. The van der Waals surface area contributed by atoms with Gasteiger partial charge in [-0.25, -0.2) is 14.4 Å². The summed E-state index contributed by atoms with van der Waals surface area (Å²) in [7, 11) is 0. The van der Waals surface area contributed by atoms with Gasteiger partial charge in [0.1, 0.15) is 12.2 Å². The number of carbonyl (C=O) groups is 3. The molecule has 0 spiro atoms. The minimum Gasteiger partial charge on any atom is -0.478 e. The Bertz CT molecular complexity index is 649. The molecule has 2 amide bonds. The molecule has 0 aliphatic rings. The van der Waals surface area contributed by atoms with Crippen molar-refractivity contribution in [2.24, 2.45) is 0 Å². The van der Waals surface area contributed by atoms with E-state index in [1.165, 1.54) is 18.2 Å². The summed E-state index contributed by atoms with van der Waals surface area (Å²) in [5.41, 5.74) is 0.0578. The van der Waals surface area contributed by atoms with Crippen molar-refractivity contribution >= 4 is 18.2 Å². The van der Waals surface area contributed by atoms with Crippen LogP contribution in [0.5, 0.6) is 0 Å². The van der Waals surface area contributed by atoms with E-state index in [-0.39, 0.29) is 18.7 Å². The maximum atomic E-state index is 11.8. The summed E-state index contributed by atoms with van der Waals surface area (Å²) in [6, 6.07) is 5.30. The minimum atomic E-state index is -1.06. The molecule has 3 N–H and O–H groups in total. The molecule has 0 fully saturated rings. The van der Waals surface area contributed by atoms with E-state index in [0.29, 0.717) is 5.56 Å². The van der Waals surface area contributed by atoms with Crippen molar-refractivity contribution in [1.29, 1.82) is 0 Å². The van der Waals surface area contributed by atoms with Crippen molar-refractivity contribution in [3.8, 4) is 0 Å². The Morgan fingerprint density at radius 1 is 1.19 bits per heavy atom. The average Bonchev–Trinajstić information content (AvgIpc) is 2.55. The third-order valence-electron chi connectivity index (χ3n) is 3.03. The van der Waals surface area contributed by atoms with Crippen LogP contribution < -0.4 is 10.6 Å². The maximum Gasteiger partial charge on any atom is 0.407 e. The lowest BCUT2D eigenvalue weighted by Gasteiger charge is -2.23. The molecule has 0 aliphatic heterocycles. The minimum absolute atomic E-state index is 0.0323. The number of carboxylic acids is 1. The molecule has 1 rings (SSSR count). The highest BCUT2D eigenvalue weighted by atomic mass is 16.6. The topological polar surface area (TPSA) is 114 Å². The fraction of sp³-hybridized carbons (Fsp3) is 0.389. The number of amides is 2. The maximum absolute atomic E-state index is 11.8. The van der Waals surface area contributed by atoms with Gasteiger partial charge in [0, 0.05) is 6.54 Å². The van der Waals surface area contributed by atoms with Crippen molar-refractivity contribution in [2.75, 3.05) is 13.2 Å². The molecule has 0 saturated carbocycles. The highest BCUT2D eigenvalue weighted by molar-refractivity contribution is 5.87. The number of carboxylic acid groups (broad SMARTS) is 1. The molecule has 0 aromatic heterocycles. The number of hydrogen-bond acceptors (Lipinski definition) is 5. The Morgan fingerprint density at radius 2 is 1.81 bits per heavy atom. The largest absolute Gasteiger partial charge is 0.478 e. The molecule has 0 saturated heterocycles. The number of nitrogens with one attached hydrogen (secondary N) is 2. The van der Waals surface area contributed by atoms with Gasteiger partial charge >= 0.3 is 18.2 Å². The van der Waals surface area contributed by atoms with Gasteiger partial charge in [-0.05, 0) is 38.5 Å². The van der Waals surface area contributed by atoms with Gasteiger partial charge in [-0.2, -0.15) is 0 Å². The molecule has 1 atom stereocenters. The van der Waals surface area contributed by atoms with Gasteiger partial charge in [-0.3, -0.25) is 0 Å². The Balaban J connectivity index is 2.84. The van der Waals surface area contributed by atoms with E-state index in [1.807, 2.05) is 0 Å². The second-order valence-electron chi connectivity index (χ2n) is 6.39. The number of hydrogen-bond donors (Lipinski definition) is 3. The smallest absolute Gasteiger partial charge is 0.407 e. The monoisotopic (exact) mass is 364 g/mol. The Kier molecular flexibility index (Phi) is 7.64. The number of ether oxygens (including phenoxy) is 2. The number of benzene rings is 1. The molecule has 0 bridgehead atoms. The first-order chi connectivity index (χ1) is 12.1. The fourth-order valence-electron chi connectivity index (χ4n) is 1.93. The van der Waals surface area contributed by atoms with Gasteiger partial charge in [0.25, 0.3) is 0 Å². The van der Waals surface area contributed by atoms with E-state index >= 15 is 0 Å². The zero-order chi connectivity index (χ0) is 19.7. The van der Waals surface area contributed by atoms with Gasteiger partial charge in [0.05, 0.1) is 11.6 Å². The van der Waals surface area contributed by atoms with E-state index in [9.17, 15) is 14.4 Å². The standard InChI is InChI=1S/C18H24N2O6/c1-5-10-25-17(24)20-14(11-19-16(23)26-18(2,3)4)12-6-8-13(9-7-12)15(21)22/h5-9,14H,1,10-11H2,2-4H3,(H,19,23)(H,20,24)(H,21,22). The van der Waals surface area contributed by atoms with Crippen LogP contribution in [0.1, 0.15) is 42.7 Å². The lowest BCUT2D eigenvalue weighted by molar-refractivity contribution is 0.0520. The summed E-state index contributed by atoms with van der Waals surface area (Å²) in [6.45, 7) is 8.73. The third kappa shape index (κ3) is 7.69. The van der Waals surface area contributed by atoms with Crippen molar-refractivity contribution in [3.05, 3.63) is 48.0 Å². The first kappa shape index (κ1) is 21.0. The molecule has 0 aliphatic carbocycles. The normalized spacial score (nSPS) is 11.8. The predicted molar refractivity (Wildman–Crippen MR) is 95.1 cm³/mol. The molecule has 8 nitrogen and oxygen atoms in total. The predicted octanol–water partition coefficient (Wildman–Crippen LogP) is 2.86. The summed E-state index contributed by atoms with van der Waals surface area (Å²) in [5, 5.41) is 14.1. The summed E-state index contributed by atoms with van der Waals surface area (Å²) in [6.07, 6.45) is 0.101. The highest BCUT2D eigenvalue weighted by Crippen LogP contribution is 2.15. The first-order valence-electron chi connectivity index (χ1n) is 7.96. The molecule has 0 heterocycles. The first-order valence-corrected chi connectivity index (χ1v) is 7.96. The molecule has 0 radical (unpaired) electrons. The number of carbonyl (C=O) groups excluding carboxylic acids is 2. The Morgan fingerprint density at radius 3 is 2.31 bits per heavy atom. The quantitative estimate of drug-likeness (QED) is 0.641. The lowest BCUT2D eigenvalue weighted by atomic mass is 10.0. The molecule has 1 aromatic carbocycles. The second-order valence-corrected chi connectivity index (χ2v) is 6.39. The van der Waals surface area contributed by atoms with Crippen LogP contribution in [-0.4, -0.2) is 42.0 Å². The zero-order valence-electron chi connectivity index (χ0n) is 15.1. The van der Waals surface area contributed by atoms with Crippen LogP contribution in [-0.2, 0) is 9.47 Å². The van der Waals surface area contributed by atoms with E-state index in [1.54, 1.807) is 32.9 Å². The Hall–Kier alpha value is -3.03. The highest BCUT2D eigenvalue weighted by Gasteiger charge is 2.20. The van der Waals surface area contributed by atoms with Crippen LogP contribution >= 0.6 is 0 Å². The molecule has 8 heteroatoms. The van der Waals surface area contributed by atoms with Crippen LogP contribution in [0, 0.1) is 0 Å². The Labute approximate surface area is 152 Å². The summed E-state index contributed by atoms with van der Waals surface area (Å²) in [4.78, 5) is 34.6. The molecule has 142 valence electrons. The number of rotatable bonds is 7. The van der Waals surface area contributed by atoms with E-state index in [4.69, 9.17) is 14.6 Å².